The van der Waals surface area contributed by atoms with Crippen molar-refractivity contribution in [2.45, 2.75) is 6.92 Å². The van der Waals surface area contributed by atoms with Gasteiger partial charge in [0.15, 0.2) is 0 Å². The normalized spacial score (nSPS) is 12.3. The zero-order valence-corrected chi connectivity index (χ0v) is 7.09. The second-order valence-electron chi connectivity index (χ2n) is 1.80. The summed E-state index contributed by atoms with van der Waals surface area (Å²) >= 11 is 1.44. The standard InChI is InChI=1S/C8H11FS/c1-5-8(9)6(2)7(3)10-4/h5H,1,3H2,2,4H3/b8-6+. The quantitative estimate of drug-likeness (QED) is 0.568. The van der Waals surface area contributed by atoms with E-state index in [9.17, 15) is 4.39 Å². The molecule has 0 saturated heterocycles. The smallest absolute Gasteiger partial charge is 0.126 e. The van der Waals surface area contributed by atoms with E-state index in [1.165, 1.54) is 17.8 Å². The van der Waals surface area contributed by atoms with Gasteiger partial charge in [0.25, 0.3) is 0 Å². The van der Waals surface area contributed by atoms with Crippen LogP contribution in [0.15, 0.2) is 35.5 Å². The first-order chi connectivity index (χ1) is 4.63. The highest BCUT2D eigenvalue weighted by Gasteiger charge is 1.99. The number of halogens is 1. The van der Waals surface area contributed by atoms with Crippen LogP contribution >= 0.6 is 11.8 Å². The molecule has 0 heterocycles. The van der Waals surface area contributed by atoms with E-state index in [1.807, 2.05) is 6.26 Å². The third-order valence-electron chi connectivity index (χ3n) is 1.20. The molecule has 0 aliphatic carbocycles. The van der Waals surface area contributed by atoms with Gasteiger partial charge in [0.2, 0.25) is 0 Å². The summed E-state index contributed by atoms with van der Waals surface area (Å²) in [6.07, 6.45) is 3.05. The van der Waals surface area contributed by atoms with Gasteiger partial charge in [0.1, 0.15) is 5.83 Å². The van der Waals surface area contributed by atoms with Crippen molar-refractivity contribution >= 4 is 11.8 Å². The molecule has 0 rings (SSSR count). The van der Waals surface area contributed by atoms with Gasteiger partial charge in [-0.15, -0.1) is 11.8 Å². The zero-order chi connectivity index (χ0) is 8.15. The third kappa shape index (κ3) is 2.40. The summed E-state index contributed by atoms with van der Waals surface area (Å²) in [5.74, 6) is -0.292. The third-order valence-corrected chi connectivity index (χ3v) is 2.00. The van der Waals surface area contributed by atoms with Crippen molar-refractivity contribution in [3.05, 3.63) is 35.5 Å². The Hall–Kier alpha value is -0.500. The first kappa shape index (κ1) is 9.50. The van der Waals surface area contributed by atoms with E-state index < -0.39 is 0 Å². The molecular formula is C8H11FS. The molecule has 0 fully saturated rings. The summed E-state index contributed by atoms with van der Waals surface area (Å²) < 4.78 is 12.7. The van der Waals surface area contributed by atoms with E-state index in [4.69, 9.17) is 0 Å². The fourth-order valence-corrected chi connectivity index (χ4v) is 0.843. The predicted octanol–water partition coefficient (Wildman–Crippen LogP) is 3.29. The molecule has 0 spiro atoms. The number of thioether (sulfide) groups is 1. The zero-order valence-electron chi connectivity index (χ0n) is 6.28. The van der Waals surface area contributed by atoms with E-state index >= 15 is 0 Å². The Bertz CT molecular complexity index is 180. The number of hydrogen-bond donors (Lipinski definition) is 0. The van der Waals surface area contributed by atoms with Crippen LogP contribution in [0.25, 0.3) is 0 Å². The molecule has 2 heteroatoms. The minimum atomic E-state index is -0.292. The second kappa shape index (κ2) is 4.34. The van der Waals surface area contributed by atoms with Gasteiger partial charge in [0, 0.05) is 4.91 Å². The number of hydrogen-bond acceptors (Lipinski definition) is 1. The molecule has 0 N–H and O–H groups in total. The minimum absolute atomic E-state index is 0.292. The lowest BCUT2D eigenvalue weighted by molar-refractivity contribution is 0.658. The lowest BCUT2D eigenvalue weighted by Gasteiger charge is -2.00. The van der Waals surface area contributed by atoms with Crippen LogP contribution in [0.2, 0.25) is 0 Å². The van der Waals surface area contributed by atoms with E-state index in [0.717, 1.165) is 4.91 Å². The number of allylic oxidation sites excluding steroid dienone is 3. The van der Waals surface area contributed by atoms with Gasteiger partial charge < -0.3 is 0 Å². The Labute approximate surface area is 65.5 Å². The summed E-state index contributed by atoms with van der Waals surface area (Å²) in [7, 11) is 0. The van der Waals surface area contributed by atoms with Crippen LogP contribution in [0.5, 0.6) is 0 Å². The molecule has 0 aromatic heterocycles. The monoisotopic (exact) mass is 158 g/mol. The van der Waals surface area contributed by atoms with E-state index in [1.54, 1.807) is 6.92 Å². The topological polar surface area (TPSA) is 0 Å². The van der Waals surface area contributed by atoms with Crippen molar-refractivity contribution in [3.8, 4) is 0 Å². The maximum absolute atomic E-state index is 12.7. The van der Waals surface area contributed by atoms with Crippen LogP contribution in [0.3, 0.4) is 0 Å². The van der Waals surface area contributed by atoms with Crippen LogP contribution in [0, 0.1) is 0 Å². The second-order valence-corrected chi connectivity index (χ2v) is 2.71. The molecule has 0 aliphatic heterocycles. The van der Waals surface area contributed by atoms with Crippen LogP contribution in [-0.4, -0.2) is 6.26 Å². The van der Waals surface area contributed by atoms with Crippen LogP contribution < -0.4 is 0 Å². The van der Waals surface area contributed by atoms with Crippen molar-refractivity contribution in [3.63, 3.8) is 0 Å². The Morgan fingerprint density at radius 2 is 2.10 bits per heavy atom. The first-order valence-electron chi connectivity index (χ1n) is 2.85. The predicted molar refractivity (Wildman–Crippen MR) is 46.7 cm³/mol. The van der Waals surface area contributed by atoms with Crippen molar-refractivity contribution in [2.24, 2.45) is 0 Å². The molecule has 0 aromatic rings. The fourth-order valence-electron chi connectivity index (χ4n) is 0.439. The molecule has 56 valence electrons. The van der Waals surface area contributed by atoms with Gasteiger partial charge in [-0.05, 0) is 24.8 Å². The summed E-state index contributed by atoms with van der Waals surface area (Å²) in [4.78, 5) is 0.748. The maximum atomic E-state index is 12.7. The van der Waals surface area contributed by atoms with Gasteiger partial charge in [-0.3, -0.25) is 0 Å². The number of rotatable bonds is 3. The van der Waals surface area contributed by atoms with Gasteiger partial charge >= 0.3 is 0 Å². The van der Waals surface area contributed by atoms with Crippen molar-refractivity contribution in [1.29, 1.82) is 0 Å². The summed E-state index contributed by atoms with van der Waals surface area (Å²) in [5.41, 5.74) is 0.572. The average molecular weight is 158 g/mol. The molecule has 0 amide bonds. The largest absolute Gasteiger partial charge is 0.207 e. The highest BCUT2D eigenvalue weighted by Crippen LogP contribution is 2.22. The maximum Gasteiger partial charge on any atom is 0.126 e. The molecule has 0 atom stereocenters. The fraction of sp³-hybridized carbons (Fsp3) is 0.250. The molecule has 0 nitrogen and oxygen atoms in total. The Balaban J connectivity index is 4.45. The summed E-state index contributed by atoms with van der Waals surface area (Å²) in [6, 6.07) is 0. The molecule has 0 aromatic carbocycles. The first-order valence-corrected chi connectivity index (χ1v) is 4.08. The molecule has 0 radical (unpaired) electrons. The average Bonchev–Trinajstić information content (AvgIpc) is 2.00. The SMILES string of the molecule is C=C/C(F)=C(/C)C(=C)SC. The molecule has 0 unspecified atom stereocenters. The molecular weight excluding hydrogens is 147 g/mol. The molecule has 10 heavy (non-hydrogen) atoms. The van der Waals surface area contributed by atoms with Crippen LogP contribution in [0.4, 0.5) is 4.39 Å². The molecule has 0 saturated carbocycles. The van der Waals surface area contributed by atoms with Crippen LogP contribution in [-0.2, 0) is 0 Å². The van der Waals surface area contributed by atoms with E-state index in [2.05, 4.69) is 13.2 Å². The van der Waals surface area contributed by atoms with E-state index in [-0.39, 0.29) is 5.83 Å². The van der Waals surface area contributed by atoms with Crippen molar-refractivity contribution < 1.29 is 4.39 Å². The van der Waals surface area contributed by atoms with Crippen molar-refractivity contribution in [2.75, 3.05) is 6.26 Å². The highest BCUT2D eigenvalue weighted by molar-refractivity contribution is 8.02. The van der Waals surface area contributed by atoms with Crippen molar-refractivity contribution in [1.82, 2.24) is 0 Å². The summed E-state index contributed by atoms with van der Waals surface area (Å²) in [5, 5.41) is 0. The lowest BCUT2D eigenvalue weighted by atomic mass is 10.2. The van der Waals surface area contributed by atoms with Gasteiger partial charge in [-0.1, -0.05) is 13.2 Å². The Kier molecular flexibility index (Phi) is 4.12. The van der Waals surface area contributed by atoms with Crippen LogP contribution in [0.1, 0.15) is 6.92 Å². The van der Waals surface area contributed by atoms with Gasteiger partial charge in [-0.25, -0.2) is 4.39 Å². The summed E-state index contributed by atoms with van der Waals surface area (Å²) in [6.45, 7) is 8.66. The Morgan fingerprint density at radius 1 is 1.60 bits per heavy atom. The minimum Gasteiger partial charge on any atom is -0.207 e. The molecule has 0 aliphatic rings. The van der Waals surface area contributed by atoms with Gasteiger partial charge in [0.05, 0.1) is 0 Å². The van der Waals surface area contributed by atoms with Gasteiger partial charge in [-0.2, -0.15) is 0 Å². The van der Waals surface area contributed by atoms with E-state index in [0.29, 0.717) is 5.57 Å². The lowest BCUT2D eigenvalue weighted by Crippen LogP contribution is -1.79. The Morgan fingerprint density at radius 3 is 2.40 bits per heavy atom. The highest BCUT2D eigenvalue weighted by atomic mass is 32.2. The molecule has 0 bridgehead atoms.